The number of hydrogen-bond acceptors (Lipinski definition) is 6. The van der Waals surface area contributed by atoms with E-state index in [2.05, 4.69) is 29.5 Å². The van der Waals surface area contributed by atoms with Crippen molar-refractivity contribution >= 4 is 23.5 Å². The average Bonchev–Trinajstić information content (AvgIpc) is 3.42. The van der Waals surface area contributed by atoms with Gasteiger partial charge in [-0.05, 0) is 32.0 Å². The lowest BCUT2D eigenvalue weighted by atomic mass is 9.75. The van der Waals surface area contributed by atoms with Gasteiger partial charge in [-0.25, -0.2) is 9.99 Å². The third-order valence-corrected chi connectivity index (χ3v) is 6.93. The molecule has 3 aromatic carbocycles. The molecule has 37 heavy (non-hydrogen) atoms. The molecule has 1 aromatic heterocycles. The molecule has 0 aliphatic carbocycles. The van der Waals surface area contributed by atoms with Crippen molar-refractivity contribution in [1.29, 1.82) is 0 Å². The number of carbonyl (C=O) groups excluding carboxylic acids is 1. The van der Waals surface area contributed by atoms with Crippen molar-refractivity contribution in [3.63, 3.8) is 0 Å². The van der Waals surface area contributed by atoms with Crippen LogP contribution in [0.4, 0.5) is 11.4 Å². The number of rotatable bonds is 6. The highest BCUT2D eigenvalue weighted by molar-refractivity contribution is 6.02. The molecule has 3 heterocycles. The van der Waals surface area contributed by atoms with Crippen molar-refractivity contribution in [2.24, 2.45) is 12.1 Å². The number of anilines is 2. The molecule has 2 aliphatic heterocycles. The molecule has 1 amide bonds. The summed E-state index contributed by atoms with van der Waals surface area (Å²) in [5, 5.41) is 13.1. The van der Waals surface area contributed by atoms with Crippen LogP contribution in [-0.4, -0.2) is 39.8 Å². The highest BCUT2D eigenvalue weighted by Crippen LogP contribution is 2.58. The van der Waals surface area contributed by atoms with Gasteiger partial charge in [-0.3, -0.25) is 4.79 Å². The third kappa shape index (κ3) is 3.40. The number of aromatic nitrogens is 2. The molecular weight excluding hydrogens is 464 g/mol. The van der Waals surface area contributed by atoms with Gasteiger partial charge in [-0.2, -0.15) is 5.10 Å². The number of imidazole rings is 1. The minimum Gasteiger partial charge on any atom is -0.456 e. The van der Waals surface area contributed by atoms with Crippen molar-refractivity contribution in [1.82, 2.24) is 14.6 Å². The van der Waals surface area contributed by atoms with Crippen LogP contribution in [0.15, 0.2) is 78.2 Å². The van der Waals surface area contributed by atoms with Crippen LogP contribution < -0.4 is 15.4 Å². The van der Waals surface area contributed by atoms with E-state index in [1.165, 1.54) is 0 Å². The number of hydrazone groups is 1. The van der Waals surface area contributed by atoms with Gasteiger partial charge >= 0.3 is 0 Å². The minimum atomic E-state index is -1.01. The fraction of sp³-hybridized carbons (Fsp3) is 0.207. The second-order valence-electron chi connectivity index (χ2n) is 9.10. The highest BCUT2D eigenvalue weighted by Gasteiger charge is 2.57. The lowest BCUT2D eigenvalue weighted by molar-refractivity contribution is 0.0675. The first kappa shape index (κ1) is 22.8. The SMILES string of the molecule is CCNc1ccc2c(c1)Oc1cc(NCC)ccc1C21c2ccccc2C(=O)N1/N=C/c1nccn1C. The lowest BCUT2D eigenvalue weighted by Gasteiger charge is -2.41. The zero-order valence-electron chi connectivity index (χ0n) is 21.0. The maximum absolute atomic E-state index is 14.0. The normalized spacial score (nSPS) is 14.9. The van der Waals surface area contributed by atoms with Crippen molar-refractivity contribution in [3.8, 4) is 11.5 Å². The zero-order chi connectivity index (χ0) is 25.6. The number of fused-ring (bicyclic) bond motifs is 6. The first-order chi connectivity index (χ1) is 18.1. The summed E-state index contributed by atoms with van der Waals surface area (Å²) < 4.78 is 8.38. The van der Waals surface area contributed by atoms with E-state index in [0.717, 1.165) is 41.2 Å². The Labute approximate surface area is 215 Å². The number of ether oxygens (including phenoxy) is 1. The van der Waals surface area contributed by atoms with Crippen LogP contribution in [0, 0.1) is 0 Å². The van der Waals surface area contributed by atoms with Crippen LogP contribution in [0.1, 0.15) is 46.7 Å². The number of amides is 1. The molecule has 0 bridgehead atoms. The number of hydrogen-bond donors (Lipinski definition) is 2. The number of nitrogens with one attached hydrogen (secondary N) is 2. The maximum atomic E-state index is 14.0. The molecule has 6 rings (SSSR count). The summed E-state index contributed by atoms with van der Waals surface area (Å²) in [4.78, 5) is 18.4. The monoisotopic (exact) mass is 492 g/mol. The topological polar surface area (TPSA) is 83.8 Å². The number of benzene rings is 3. The molecule has 0 radical (unpaired) electrons. The fourth-order valence-electron chi connectivity index (χ4n) is 5.34. The predicted molar refractivity (Wildman–Crippen MR) is 145 cm³/mol. The summed E-state index contributed by atoms with van der Waals surface area (Å²) in [6.07, 6.45) is 5.20. The molecule has 1 spiro atoms. The van der Waals surface area contributed by atoms with E-state index in [1.807, 2.05) is 78.5 Å². The van der Waals surface area contributed by atoms with Crippen molar-refractivity contribution in [3.05, 3.63) is 101 Å². The van der Waals surface area contributed by atoms with E-state index < -0.39 is 5.54 Å². The van der Waals surface area contributed by atoms with Gasteiger partial charge < -0.3 is 19.9 Å². The molecule has 186 valence electrons. The van der Waals surface area contributed by atoms with Gasteiger partial charge in [0.05, 0.1) is 6.21 Å². The number of nitrogens with zero attached hydrogens (tertiary/aromatic N) is 4. The Bertz CT molecular complexity index is 1480. The van der Waals surface area contributed by atoms with E-state index >= 15 is 0 Å². The van der Waals surface area contributed by atoms with Crippen LogP contribution >= 0.6 is 0 Å². The summed E-state index contributed by atoms with van der Waals surface area (Å²) in [7, 11) is 1.90. The second kappa shape index (κ2) is 8.81. The largest absolute Gasteiger partial charge is 0.456 e. The molecular formula is C29H28N6O2. The van der Waals surface area contributed by atoms with E-state index in [-0.39, 0.29) is 5.91 Å². The molecule has 8 heteroatoms. The van der Waals surface area contributed by atoms with Crippen LogP contribution in [0.2, 0.25) is 0 Å². The highest BCUT2D eigenvalue weighted by atomic mass is 16.5. The van der Waals surface area contributed by atoms with E-state index in [0.29, 0.717) is 22.9 Å². The predicted octanol–water partition coefficient (Wildman–Crippen LogP) is 5.17. The summed E-state index contributed by atoms with van der Waals surface area (Å²) in [5.41, 5.74) is 4.08. The number of aryl methyl sites for hydroxylation is 1. The molecule has 0 atom stereocenters. The molecule has 0 saturated heterocycles. The standard InChI is InChI=1S/C29H28N6O2/c1-4-30-19-10-12-23-25(16-19)37-26-17-20(31-5-2)11-13-24(26)29(23)22-9-7-6-8-21(22)28(36)35(29)33-18-27-32-14-15-34(27)3/h6-18,30-31H,4-5H2,1-3H3/b33-18+. The van der Waals surface area contributed by atoms with E-state index in [9.17, 15) is 4.79 Å². The van der Waals surface area contributed by atoms with Crippen molar-refractivity contribution in [2.45, 2.75) is 19.4 Å². The van der Waals surface area contributed by atoms with Gasteiger partial charge in [0.2, 0.25) is 0 Å². The Hall–Kier alpha value is -4.59. The molecule has 0 fully saturated rings. The van der Waals surface area contributed by atoms with Gasteiger partial charge in [0.15, 0.2) is 5.82 Å². The average molecular weight is 493 g/mol. The van der Waals surface area contributed by atoms with Gasteiger partial charge in [-0.15, -0.1) is 0 Å². The third-order valence-electron chi connectivity index (χ3n) is 6.93. The molecule has 0 unspecified atom stereocenters. The molecule has 2 N–H and O–H groups in total. The quantitative estimate of drug-likeness (QED) is 0.363. The molecule has 2 aliphatic rings. The van der Waals surface area contributed by atoms with Gasteiger partial charge in [0.1, 0.15) is 17.0 Å². The Morgan fingerprint density at radius 1 is 0.946 bits per heavy atom. The van der Waals surface area contributed by atoms with Crippen molar-refractivity contribution < 1.29 is 9.53 Å². The Morgan fingerprint density at radius 3 is 2.19 bits per heavy atom. The lowest BCUT2D eigenvalue weighted by Crippen LogP contribution is -2.44. The first-order valence-electron chi connectivity index (χ1n) is 12.5. The second-order valence-corrected chi connectivity index (χ2v) is 9.10. The Balaban J connectivity index is 1.65. The summed E-state index contributed by atoms with van der Waals surface area (Å²) in [5.74, 6) is 1.84. The summed E-state index contributed by atoms with van der Waals surface area (Å²) >= 11 is 0. The molecule has 8 nitrogen and oxygen atoms in total. The Morgan fingerprint density at radius 2 is 1.59 bits per heavy atom. The van der Waals surface area contributed by atoms with Gasteiger partial charge in [0.25, 0.3) is 5.91 Å². The smallest absolute Gasteiger partial charge is 0.275 e. The zero-order valence-corrected chi connectivity index (χ0v) is 21.0. The maximum Gasteiger partial charge on any atom is 0.275 e. The first-order valence-corrected chi connectivity index (χ1v) is 12.5. The van der Waals surface area contributed by atoms with E-state index in [4.69, 9.17) is 9.84 Å². The Kier molecular flexibility index (Phi) is 5.44. The van der Waals surface area contributed by atoms with Crippen LogP contribution in [0.25, 0.3) is 0 Å². The van der Waals surface area contributed by atoms with Crippen LogP contribution in [-0.2, 0) is 12.6 Å². The summed E-state index contributed by atoms with van der Waals surface area (Å²) in [6, 6.07) is 19.8. The minimum absolute atomic E-state index is 0.175. The fourth-order valence-corrected chi connectivity index (χ4v) is 5.34. The van der Waals surface area contributed by atoms with Crippen LogP contribution in [0.3, 0.4) is 0 Å². The number of carbonyl (C=O) groups is 1. The summed E-state index contributed by atoms with van der Waals surface area (Å²) in [6.45, 7) is 5.68. The van der Waals surface area contributed by atoms with Gasteiger partial charge in [-0.1, -0.05) is 30.3 Å². The van der Waals surface area contributed by atoms with E-state index in [1.54, 1.807) is 17.4 Å². The molecule has 4 aromatic rings. The van der Waals surface area contributed by atoms with Crippen molar-refractivity contribution in [2.75, 3.05) is 23.7 Å². The molecule has 0 saturated carbocycles. The van der Waals surface area contributed by atoms with Crippen LogP contribution in [0.5, 0.6) is 11.5 Å². The van der Waals surface area contributed by atoms with Gasteiger partial charge in [0, 0.05) is 78.3 Å².